The Hall–Kier alpha value is -6.94. The number of benzene rings is 9. The first kappa shape index (κ1) is 31.6. The normalized spacial score (nSPS) is 11.6. The first-order valence-electron chi connectivity index (χ1n) is 18.7. The highest BCUT2D eigenvalue weighted by molar-refractivity contribution is 7.25. The van der Waals surface area contributed by atoms with Crippen LogP contribution in [0.4, 0.5) is 17.1 Å². The zero-order chi connectivity index (χ0) is 36.3. The maximum atomic E-state index is 6.43. The van der Waals surface area contributed by atoms with Crippen LogP contribution in [0.2, 0.25) is 0 Å². The minimum atomic E-state index is 0.907. The van der Waals surface area contributed by atoms with E-state index in [1.165, 1.54) is 53.2 Å². The Bertz CT molecular complexity index is 3220. The van der Waals surface area contributed by atoms with Crippen LogP contribution in [-0.2, 0) is 0 Å². The number of hydrogen-bond acceptors (Lipinski definition) is 3. The minimum absolute atomic E-state index is 0.907. The van der Waals surface area contributed by atoms with Crippen molar-refractivity contribution in [2.75, 3.05) is 4.90 Å². The number of thiophene rings is 1. The first-order chi connectivity index (χ1) is 27.2. The number of hydrogen-bond donors (Lipinski definition) is 0. The van der Waals surface area contributed by atoms with E-state index >= 15 is 0 Å². The molecule has 0 saturated carbocycles. The quantitative estimate of drug-likeness (QED) is 0.170. The predicted octanol–water partition coefficient (Wildman–Crippen LogP) is 15.6. The summed E-state index contributed by atoms with van der Waals surface area (Å²) >= 11 is 1.85. The molecule has 0 bridgehead atoms. The Morgan fingerprint density at radius 1 is 0.345 bits per heavy atom. The van der Waals surface area contributed by atoms with Gasteiger partial charge in [-0.2, -0.15) is 0 Å². The molecule has 9 aromatic carbocycles. The van der Waals surface area contributed by atoms with Gasteiger partial charge in [-0.05, 0) is 99.3 Å². The molecule has 0 atom stereocenters. The number of para-hydroxylation sites is 2. The van der Waals surface area contributed by atoms with E-state index in [9.17, 15) is 0 Å². The van der Waals surface area contributed by atoms with Gasteiger partial charge in [0.15, 0.2) is 0 Å². The number of furan rings is 1. The van der Waals surface area contributed by atoms with Gasteiger partial charge in [0.2, 0.25) is 0 Å². The average molecular weight is 720 g/mol. The van der Waals surface area contributed by atoms with Gasteiger partial charge in [0.25, 0.3) is 0 Å². The van der Waals surface area contributed by atoms with Crippen LogP contribution in [0.1, 0.15) is 0 Å². The lowest BCUT2D eigenvalue weighted by Gasteiger charge is -2.27. The van der Waals surface area contributed by atoms with Gasteiger partial charge in [-0.15, -0.1) is 11.3 Å². The second-order valence-corrected chi connectivity index (χ2v) is 15.2. The molecule has 0 unspecified atom stereocenters. The molecule has 0 aliphatic heterocycles. The van der Waals surface area contributed by atoms with E-state index in [1.807, 2.05) is 23.5 Å². The van der Waals surface area contributed by atoms with Gasteiger partial charge in [-0.1, -0.05) is 140 Å². The van der Waals surface area contributed by atoms with Gasteiger partial charge in [-0.3, -0.25) is 0 Å². The van der Waals surface area contributed by atoms with Crippen molar-refractivity contribution in [2.24, 2.45) is 0 Å². The van der Waals surface area contributed by atoms with Crippen LogP contribution in [0.5, 0.6) is 0 Å². The topological polar surface area (TPSA) is 16.4 Å². The van der Waals surface area contributed by atoms with Crippen LogP contribution in [0.3, 0.4) is 0 Å². The first-order valence-corrected chi connectivity index (χ1v) is 19.5. The Morgan fingerprint density at radius 3 is 1.82 bits per heavy atom. The van der Waals surface area contributed by atoms with E-state index in [0.29, 0.717) is 0 Å². The van der Waals surface area contributed by atoms with Crippen molar-refractivity contribution in [3.05, 3.63) is 200 Å². The molecule has 0 aliphatic rings. The van der Waals surface area contributed by atoms with Crippen molar-refractivity contribution in [3.63, 3.8) is 0 Å². The average Bonchev–Trinajstić information content (AvgIpc) is 3.82. The summed E-state index contributed by atoms with van der Waals surface area (Å²) in [7, 11) is 0. The Labute approximate surface area is 322 Å². The molecule has 11 rings (SSSR count). The highest BCUT2D eigenvalue weighted by Crippen LogP contribution is 2.42. The van der Waals surface area contributed by atoms with E-state index in [2.05, 4.69) is 193 Å². The zero-order valence-electron chi connectivity index (χ0n) is 29.8. The summed E-state index contributed by atoms with van der Waals surface area (Å²) in [6.45, 7) is 0. The lowest BCUT2D eigenvalue weighted by Crippen LogP contribution is -2.10. The van der Waals surface area contributed by atoms with Crippen LogP contribution >= 0.6 is 11.3 Å². The molecule has 0 N–H and O–H groups in total. The van der Waals surface area contributed by atoms with Gasteiger partial charge in [0.05, 0.1) is 0 Å². The highest BCUT2D eigenvalue weighted by Gasteiger charge is 2.17. The molecular formula is C52H33NOS. The molecule has 0 amide bonds. The van der Waals surface area contributed by atoms with Crippen LogP contribution in [0.15, 0.2) is 205 Å². The smallest absolute Gasteiger partial charge is 0.143 e. The second kappa shape index (κ2) is 12.9. The van der Waals surface area contributed by atoms with Crippen molar-refractivity contribution in [2.45, 2.75) is 0 Å². The van der Waals surface area contributed by atoms with Crippen molar-refractivity contribution in [3.8, 4) is 33.4 Å². The third kappa shape index (κ3) is 5.40. The fourth-order valence-electron chi connectivity index (χ4n) is 8.23. The Balaban J connectivity index is 1.05. The maximum Gasteiger partial charge on any atom is 0.143 e. The van der Waals surface area contributed by atoms with Crippen LogP contribution < -0.4 is 4.90 Å². The lowest BCUT2D eigenvalue weighted by atomic mass is 9.97. The van der Waals surface area contributed by atoms with E-state index in [0.717, 1.165) is 50.1 Å². The van der Waals surface area contributed by atoms with Crippen LogP contribution in [0.25, 0.3) is 86.3 Å². The molecule has 2 aromatic heterocycles. The molecule has 0 spiro atoms. The molecule has 2 heterocycles. The monoisotopic (exact) mass is 719 g/mol. The Kier molecular flexibility index (Phi) is 7.39. The van der Waals surface area contributed by atoms with Crippen molar-refractivity contribution >= 4 is 81.3 Å². The van der Waals surface area contributed by atoms with Gasteiger partial charge in [0.1, 0.15) is 11.2 Å². The third-order valence-electron chi connectivity index (χ3n) is 10.9. The molecule has 0 radical (unpaired) electrons. The summed E-state index contributed by atoms with van der Waals surface area (Å²) in [6, 6.07) is 72.3. The standard InChI is InChI=1S/C52H33NOS/c1-2-17-42-34(11-1)12-9-20-43(42)38-14-8-16-41(32-38)53(39-28-25-35(26-29-39)44-21-10-22-47-45-18-3-5-23-49(45)54-52(44)47)40-15-7-13-36(31-40)37-27-30-51-48(33-37)46-19-4-6-24-50(46)55-51/h1-33H. The number of anilines is 3. The molecular weight excluding hydrogens is 687 g/mol. The van der Waals surface area contributed by atoms with Crippen molar-refractivity contribution in [1.82, 2.24) is 0 Å². The Morgan fingerprint density at radius 2 is 0.945 bits per heavy atom. The van der Waals surface area contributed by atoms with Crippen molar-refractivity contribution in [1.29, 1.82) is 0 Å². The van der Waals surface area contributed by atoms with E-state index in [1.54, 1.807) is 0 Å². The summed E-state index contributed by atoms with van der Waals surface area (Å²) in [5.41, 5.74) is 12.1. The highest BCUT2D eigenvalue weighted by atomic mass is 32.1. The van der Waals surface area contributed by atoms with E-state index < -0.39 is 0 Å². The molecule has 0 aliphatic carbocycles. The van der Waals surface area contributed by atoms with Crippen LogP contribution in [-0.4, -0.2) is 0 Å². The predicted molar refractivity (Wildman–Crippen MR) is 235 cm³/mol. The summed E-state index contributed by atoms with van der Waals surface area (Å²) in [6.07, 6.45) is 0. The third-order valence-corrected chi connectivity index (χ3v) is 12.0. The number of fused-ring (bicyclic) bond motifs is 7. The number of nitrogens with zero attached hydrogens (tertiary/aromatic N) is 1. The number of rotatable bonds is 6. The lowest BCUT2D eigenvalue weighted by molar-refractivity contribution is 0.670. The molecule has 2 nitrogen and oxygen atoms in total. The van der Waals surface area contributed by atoms with E-state index in [-0.39, 0.29) is 0 Å². The minimum Gasteiger partial charge on any atom is -0.455 e. The summed E-state index contributed by atoms with van der Waals surface area (Å²) in [5.74, 6) is 0. The molecule has 55 heavy (non-hydrogen) atoms. The molecule has 0 fully saturated rings. The van der Waals surface area contributed by atoms with Crippen molar-refractivity contribution < 1.29 is 4.42 Å². The molecule has 11 aromatic rings. The van der Waals surface area contributed by atoms with Gasteiger partial charge in [-0.25, -0.2) is 0 Å². The SMILES string of the molecule is c1cc(-c2ccc3sc4ccccc4c3c2)cc(N(c2ccc(-c3cccc4c3oc3ccccc34)cc2)c2cccc(-c3cccc4ccccc34)c2)c1. The summed E-state index contributed by atoms with van der Waals surface area (Å²) in [4.78, 5) is 2.38. The molecule has 0 saturated heterocycles. The van der Waals surface area contributed by atoms with Gasteiger partial charge < -0.3 is 9.32 Å². The molecule has 258 valence electrons. The summed E-state index contributed by atoms with van der Waals surface area (Å²) in [5, 5.41) is 7.37. The van der Waals surface area contributed by atoms with E-state index in [4.69, 9.17) is 4.42 Å². The fourth-order valence-corrected chi connectivity index (χ4v) is 9.32. The maximum absolute atomic E-state index is 6.43. The van der Waals surface area contributed by atoms with Gasteiger partial charge >= 0.3 is 0 Å². The largest absolute Gasteiger partial charge is 0.455 e. The zero-order valence-corrected chi connectivity index (χ0v) is 30.6. The second-order valence-electron chi connectivity index (χ2n) is 14.1. The fraction of sp³-hybridized carbons (Fsp3) is 0. The summed E-state index contributed by atoms with van der Waals surface area (Å²) < 4.78 is 9.06. The van der Waals surface area contributed by atoms with Gasteiger partial charge in [0, 0.05) is 53.6 Å². The van der Waals surface area contributed by atoms with Crippen LogP contribution in [0, 0.1) is 0 Å². The molecule has 3 heteroatoms.